The Hall–Kier alpha value is 1.68. The van der Waals surface area contributed by atoms with E-state index in [4.69, 9.17) is 19.8 Å². The van der Waals surface area contributed by atoms with E-state index in [1.807, 2.05) is 0 Å². The summed E-state index contributed by atoms with van der Waals surface area (Å²) >= 11 is 6.78. The fraction of sp³-hybridized carbons (Fsp3) is 0. The van der Waals surface area contributed by atoms with Crippen molar-refractivity contribution in [3.8, 4) is 0 Å². The van der Waals surface area contributed by atoms with Gasteiger partial charge in [0.25, 0.3) is 0 Å². The zero-order valence-electron chi connectivity index (χ0n) is 3.17. The molecule has 0 aromatic carbocycles. The first-order chi connectivity index (χ1) is 3.00. The minimum Gasteiger partial charge on any atom is -0.769 e. The van der Waals surface area contributed by atoms with Crippen LogP contribution in [-0.2, 0) is 0 Å². The van der Waals surface area contributed by atoms with Gasteiger partial charge in [0.05, 0.1) is 0 Å². The molecule has 0 aromatic heterocycles. The molecule has 0 aliphatic rings. The molecule has 0 radical (unpaired) electrons. The van der Waals surface area contributed by atoms with Gasteiger partial charge in [-0.2, -0.15) is 0 Å². The molecule has 0 aromatic rings. The molecular weight excluding hydrogens is 175 g/mol. The molecule has 0 bridgehead atoms. The Bertz CT molecular complexity index is 9.65. The molecule has 2 N–H and O–H groups in total. The third kappa shape index (κ3) is 87.8. The molecular formula is H2CaCl2O4. The van der Waals surface area contributed by atoms with Gasteiger partial charge in [-0.1, -0.05) is 0 Å². The number of halogens is 2. The van der Waals surface area contributed by atoms with E-state index in [0.29, 0.717) is 0 Å². The quantitative estimate of drug-likeness (QED) is 0.271. The Morgan fingerprint density at radius 2 is 0.857 bits per heavy atom. The van der Waals surface area contributed by atoms with Crippen LogP contribution in [0.5, 0.6) is 0 Å². The standard InChI is InChI=1S/Ca.2ClO.H2O2/c;3*1-2/h;;;1-2H/q+2;2*-1;. The van der Waals surface area contributed by atoms with Gasteiger partial charge in [0.1, 0.15) is 0 Å². The van der Waals surface area contributed by atoms with E-state index in [9.17, 15) is 0 Å². The first-order valence-corrected chi connectivity index (χ1v) is 1.13. The van der Waals surface area contributed by atoms with Gasteiger partial charge in [-0.25, -0.2) is 23.7 Å². The van der Waals surface area contributed by atoms with Gasteiger partial charge in [0.2, 0.25) is 0 Å². The molecule has 0 rings (SSSR count). The van der Waals surface area contributed by atoms with E-state index < -0.39 is 0 Å². The van der Waals surface area contributed by atoms with Crippen molar-refractivity contribution in [3.63, 3.8) is 0 Å². The van der Waals surface area contributed by atoms with Crippen molar-refractivity contribution in [2.75, 3.05) is 0 Å². The fourth-order valence-electron chi connectivity index (χ4n) is 0. The molecule has 0 saturated carbocycles. The molecule has 0 fully saturated rings. The molecule has 42 valence electrons. The summed E-state index contributed by atoms with van der Waals surface area (Å²) in [5, 5.41) is 12.0. The molecule has 0 aliphatic carbocycles. The predicted octanol–water partition coefficient (Wildman–Crippen LogP) is -1.36. The Balaban J connectivity index is -0.00000000900. The van der Waals surface area contributed by atoms with Crippen molar-refractivity contribution >= 4 is 61.5 Å². The van der Waals surface area contributed by atoms with Crippen LogP contribution in [0, 0.1) is 0 Å². The zero-order valence-corrected chi connectivity index (χ0v) is 6.89. The van der Waals surface area contributed by atoms with Crippen molar-refractivity contribution in [2.24, 2.45) is 0 Å². The molecule has 0 heterocycles. The maximum atomic E-state index is 7.72. The minimum atomic E-state index is 0. The van der Waals surface area contributed by atoms with Crippen molar-refractivity contribution in [1.29, 1.82) is 0 Å². The van der Waals surface area contributed by atoms with Crippen LogP contribution >= 0.6 is 23.7 Å². The Labute approximate surface area is 80.6 Å². The summed E-state index contributed by atoms with van der Waals surface area (Å²) in [4.78, 5) is 0. The van der Waals surface area contributed by atoms with Crippen LogP contribution in [0.1, 0.15) is 0 Å². The SMILES string of the molecule is OO.[Ca+2].[O-]Cl.[O-]Cl. The monoisotopic (exact) mass is 176 g/mol. The van der Waals surface area contributed by atoms with E-state index in [0.717, 1.165) is 0 Å². The molecule has 0 saturated heterocycles. The topological polar surface area (TPSA) is 86.6 Å². The van der Waals surface area contributed by atoms with Gasteiger partial charge in [0, 0.05) is 0 Å². The van der Waals surface area contributed by atoms with Gasteiger partial charge >= 0.3 is 37.7 Å². The van der Waals surface area contributed by atoms with Gasteiger partial charge in [-0.05, 0) is 0 Å². The Morgan fingerprint density at radius 1 is 0.857 bits per heavy atom. The molecule has 0 aliphatic heterocycles. The van der Waals surface area contributed by atoms with Gasteiger partial charge in [-0.3, -0.25) is 10.5 Å². The summed E-state index contributed by atoms with van der Waals surface area (Å²) in [6, 6.07) is 0. The second-order valence-corrected chi connectivity index (χ2v) is 0. The van der Waals surface area contributed by atoms with Gasteiger partial charge < -0.3 is 9.32 Å². The van der Waals surface area contributed by atoms with Gasteiger partial charge in [-0.15, -0.1) is 0 Å². The fourth-order valence-corrected chi connectivity index (χ4v) is 0. The van der Waals surface area contributed by atoms with Crippen molar-refractivity contribution in [1.82, 2.24) is 0 Å². The number of hydrogen-bond donors (Lipinski definition) is 2. The molecule has 7 heavy (non-hydrogen) atoms. The molecule has 0 atom stereocenters. The zero-order chi connectivity index (χ0) is 6.00. The van der Waals surface area contributed by atoms with Crippen LogP contribution in [0.15, 0.2) is 0 Å². The third-order valence-corrected chi connectivity index (χ3v) is 0. The number of rotatable bonds is 0. The minimum absolute atomic E-state index is 0. The Kier molecular flexibility index (Phi) is 406. The summed E-state index contributed by atoms with van der Waals surface area (Å²) in [6.45, 7) is 0. The van der Waals surface area contributed by atoms with E-state index in [2.05, 4.69) is 23.7 Å². The van der Waals surface area contributed by atoms with Gasteiger partial charge in [0.15, 0.2) is 0 Å². The number of hydrogen-bond acceptors (Lipinski definition) is 4. The molecule has 0 unspecified atom stereocenters. The third-order valence-electron chi connectivity index (χ3n) is 0. The maximum absolute atomic E-state index is 7.72. The Morgan fingerprint density at radius 3 is 0.857 bits per heavy atom. The summed E-state index contributed by atoms with van der Waals surface area (Å²) in [7, 11) is 0. The first kappa shape index (κ1) is 23.4. The van der Waals surface area contributed by atoms with E-state index in [1.165, 1.54) is 0 Å². The summed E-state index contributed by atoms with van der Waals surface area (Å²) in [6.07, 6.45) is 0. The molecule has 7 heteroatoms. The average Bonchev–Trinajstić information content (AvgIpc) is 1.81. The van der Waals surface area contributed by atoms with Crippen molar-refractivity contribution in [3.05, 3.63) is 0 Å². The normalized spacial score (nSPS) is 2.57. The smallest absolute Gasteiger partial charge is 0.769 e. The first-order valence-electron chi connectivity index (χ1n) is 0.509. The van der Waals surface area contributed by atoms with Crippen LogP contribution in [0.4, 0.5) is 0 Å². The van der Waals surface area contributed by atoms with Crippen LogP contribution < -0.4 is 9.32 Å². The largest absolute Gasteiger partial charge is 2.00 e. The summed E-state index contributed by atoms with van der Waals surface area (Å²) in [5.74, 6) is 0. The summed E-state index contributed by atoms with van der Waals surface area (Å²) < 4.78 is 15.4. The van der Waals surface area contributed by atoms with E-state index >= 15 is 0 Å². The summed E-state index contributed by atoms with van der Waals surface area (Å²) in [5.41, 5.74) is 0. The molecule has 0 amide bonds. The second-order valence-electron chi connectivity index (χ2n) is 0. The van der Waals surface area contributed by atoms with E-state index in [1.54, 1.807) is 0 Å². The predicted molar refractivity (Wildman–Crippen MR) is 22.7 cm³/mol. The average molecular weight is 177 g/mol. The molecule has 4 nitrogen and oxygen atoms in total. The van der Waals surface area contributed by atoms with Crippen molar-refractivity contribution < 1.29 is 19.8 Å². The van der Waals surface area contributed by atoms with Crippen molar-refractivity contribution in [2.45, 2.75) is 0 Å². The van der Waals surface area contributed by atoms with Crippen LogP contribution in [0.25, 0.3) is 0 Å². The van der Waals surface area contributed by atoms with Crippen LogP contribution in [0.2, 0.25) is 0 Å². The molecule has 0 spiro atoms. The van der Waals surface area contributed by atoms with Crippen LogP contribution in [0.3, 0.4) is 0 Å². The second kappa shape index (κ2) is 121. The maximum Gasteiger partial charge on any atom is 2.00 e. The van der Waals surface area contributed by atoms with Crippen LogP contribution in [-0.4, -0.2) is 48.3 Å². The van der Waals surface area contributed by atoms with E-state index in [-0.39, 0.29) is 37.7 Å².